The topological polar surface area (TPSA) is 34.1 Å². The number of hydrogen-bond donors (Lipinski definition) is 0. The van der Waals surface area contributed by atoms with Crippen LogP contribution in [0.4, 0.5) is 8.78 Å². The zero-order valence-corrected chi connectivity index (χ0v) is 15.8. The summed E-state index contributed by atoms with van der Waals surface area (Å²) in [5.41, 5.74) is 0.362. The van der Waals surface area contributed by atoms with Gasteiger partial charge in [0.2, 0.25) is 0 Å². The first-order chi connectivity index (χ1) is 9.40. The second-order valence-corrected chi connectivity index (χ2v) is 9.48. The number of sulfone groups is 1. The Labute approximate surface area is 140 Å². The van der Waals surface area contributed by atoms with Gasteiger partial charge in [-0.05, 0) is 48.3 Å². The summed E-state index contributed by atoms with van der Waals surface area (Å²) in [6, 6.07) is 6.06. The minimum Gasteiger partial charge on any atom is -0.219 e. The van der Waals surface area contributed by atoms with Gasteiger partial charge in [-0.3, -0.25) is 0 Å². The molecule has 118 valence electrons. The van der Waals surface area contributed by atoms with E-state index in [1.54, 1.807) is 19.1 Å². The zero-order valence-electron chi connectivity index (χ0n) is 11.8. The molecule has 0 amide bonds. The molecule has 1 atom stereocenters. The molecule has 1 aromatic rings. The summed E-state index contributed by atoms with van der Waals surface area (Å²) in [7, 11) is -3.95. The smallest absolute Gasteiger partial charge is 0.219 e. The molecule has 1 aromatic carbocycles. The molecular formula is C14H16Br2F2O2S. The van der Waals surface area contributed by atoms with Crippen molar-refractivity contribution in [2.75, 3.05) is 0 Å². The second kappa shape index (κ2) is 6.46. The minimum atomic E-state index is -3.95. The van der Waals surface area contributed by atoms with Crippen LogP contribution in [0.15, 0.2) is 40.1 Å². The molecule has 0 aliphatic carbocycles. The Hall–Kier alpha value is -0.270. The molecule has 0 saturated heterocycles. The molecule has 0 aliphatic rings. The Morgan fingerprint density at radius 1 is 1.24 bits per heavy atom. The minimum absolute atomic E-state index is 0.0123. The molecular weight excluding hydrogens is 430 g/mol. The maximum absolute atomic E-state index is 13.7. The van der Waals surface area contributed by atoms with Crippen molar-refractivity contribution in [2.45, 2.75) is 41.2 Å². The second-order valence-electron chi connectivity index (χ2n) is 4.94. The van der Waals surface area contributed by atoms with Gasteiger partial charge in [-0.1, -0.05) is 40.5 Å². The lowest BCUT2D eigenvalue weighted by atomic mass is 10.0. The number of rotatable bonds is 5. The van der Waals surface area contributed by atoms with E-state index in [0.29, 0.717) is 11.8 Å². The zero-order chi connectivity index (χ0) is 16.5. The van der Waals surface area contributed by atoms with Crippen LogP contribution in [0.3, 0.4) is 0 Å². The molecule has 0 spiro atoms. The lowest BCUT2D eigenvalue weighted by Crippen LogP contribution is -2.29. The van der Waals surface area contributed by atoms with E-state index in [2.05, 4.69) is 31.9 Å². The monoisotopic (exact) mass is 444 g/mol. The van der Waals surface area contributed by atoms with Crippen LogP contribution < -0.4 is 0 Å². The molecule has 7 heteroatoms. The predicted molar refractivity (Wildman–Crippen MR) is 87.9 cm³/mol. The van der Waals surface area contributed by atoms with E-state index in [1.165, 1.54) is 19.1 Å². The van der Waals surface area contributed by atoms with Gasteiger partial charge in [-0.2, -0.15) is 8.78 Å². The van der Waals surface area contributed by atoms with Gasteiger partial charge >= 0.3 is 4.83 Å². The van der Waals surface area contributed by atoms with Crippen LogP contribution in [-0.4, -0.2) is 17.6 Å². The van der Waals surface area contributed by atoms with E-state index in [1.807, 2.05) is 6.92 Å². The van der Waals surface area contributed by atoms with Gasteiger partial charge in [0.05, 0.1) is 9.22 Å². The maximum Gasteiger partial charge on any atom is 0.325 e. The molecule has 0 fully saturated rings. The third-order valence-electron chi connectivity index (χ3n) is 3.15. The third kappa shape index (κ3) is 4.86. The van der Waals surface area contributed by atoms with Crippen LogP contribution in [0.2, 0.25) is 0 Å². The van der Waals surface area contributed by atoms with Crippen molar-refractivity contribution >= 4 is 41.7 Å². The fourth-order valence-electron chi connectivity index (χ4n) is 1.63. The highest BCUT2D eigenvalue weighted by atomic mass is 79.9. The van der Waals surface area contributed by atoms with E-state index in [4.69, 9.17) is 0 Å². The summed E-state index contributed by atoms with van der Waals surface area (Å²) in [5, 5.41) is 0.644. The molecule has 2 nitrogen and oxygen atoms in total. The van der Waals surface area contributed by atoms with Crippen LogP contribution in [0.5, 0.6) is 0 Å². The van der Waals surface area contributed by atoms with E-state index < -0.39 is 24.6 Å². The quantitative estimate of drug-likeness (QED) is 0.583. The highest BCUT2D eigenvalue weighted by Crippen LogP contribution is 2.44. The van der Waals surface area contributed by atoms with Crippen molar-refractivity contribution in [3.63, 3.8) is 0 Å². The van der Waals surface area contributed by atoms with E-state index in [9.17, 15) is 17.2 Å². The van der Waals surface area contributed by atoms with Gasteiger partial charge < -0.3 is 0 Å². The Morgan fingerprint density at radius 2 is 1.71 bits per heavy atom. The number of allylic oxidation sites excluding steroid dienone is 1. The van der Waals surface area contributed by atoms with Gasteiger partial charge in [0.15, 0.2) is 9.84 Å². The normalized spacial score (nSPS) is 16.6. The predicted octanol–water partition coefficient (Wildman–Crippen LogP) is 5.20. The number of benzene rings is 1. The van der Waals surface area contributed by atoms with Gasteiger partial charge in [0.25, 0.3) is 0 Å². The summed E-state index contributed by atoms with van der Waals surface area (Å²) in [4.78, 5) is -3.43. The SMILES string of the molecule is CCC(C)(Br)/C(=C\S(=O)(=O)c1ccc(C)cc1)C(F)(F)Br. The number of aryl methyl sites for hydroxylation is 1. The first-order valence-corrected chi connectivity index (χ1v) is 9.33. The van der Waals surface area contributed by atoms with Gasteiger partial charge in [0.1, 0.15) is 0 Å². The molecule has 0 N–H and O–H groups in total. The summed E-state index contributed by atoms with van der Waals surface area (Å²) in [6.45, 7) is 5.02. The fourth-order valence-corrected chi connectivity index (χ4v) is 4.48. The van der Waals surface area contributed by atoms with Gasteiger partial charge in [-0.15, -0.1) is 0 Å². The van der Waals surface area contributed by atoms with E-state index in [0.717, 1.165) is 5.56 Å². The standard InChI is InChI=1S/C14H16Br2F2O2S/c1-4-13(3,15)12(14(16,17)18)9-21(19,20)11-7-5-10(2)6-8-11/h5-9H,4H2,1-3H3/b12-9+. The maximum atomic E-state index is 13.7. The summed E-state index contributed by atoms with van der Waals surface area (Å²) < 4.78 is 51.0. The summed E-state index contributed by atoms with van der Waals surface area (Å²) in [5.74, 6) is 0. The lowest BCUT2D eigenvalue weighted by molar-refractivity contribution is 0.147. The molecule has 0 aliphatic heterocycles. The fraction of sp³-hybridized carbons (Fsp3) is 0.429. The Balaban J connectivity index is 3.43. The average molecular weight is 446 g/mol. The molecule has 21 heavy (non-hydrogen) atoms. The van der Waals surface area contributed by atoms with Crippen molar-refractivity contribution < 1.29 is 17.2 Å². The van der Waals surface area contributed by atoms with Crippen molar-refractivity contribution in [2.24, 2.45) is 0 Å². The van der Waals surface area contributed by atoms with Crippen LogP contribution in [0, 0.1) is 6.92 Å². The Kier molecular flexibility index (Phi) is 5.78. The van der Waals surface area contributed by atoms with Gasteiger partial charge in [-0.25, -0.2) is 8.42 Å². The third-order valence-corrected chi connectivity index (χ3v) is 6.04. The molecule has 0 heterocycles. The first-order valence-electron chi connectivity index (χ1n) is 6.20. The number of halogens is 4. The van der Waals surface area contributed by atoms with Crippen molar-refractivity contribution in [1.29, 1.82) is 0 Å². The highest BCUT2D eigenvalue weighted by Gasteiger charge is 2.42. The van der Waals surface area contributed by atoms with Crippen LogP contribution in [0.1, 0.15) is 25.8 Å². The number of alkyl halides is 4. The van der Waals surface area contributed by atoms with E-state index in [-0.39, 0.29) is 4.90 Å². The molecule has 1 rings (SSSR count). The molecule has 0 saturated carbocycles. The van der Waals surface area contributed by atoms with Crippen molar-refractivity contribution in [3.05, 3.63) is 40.8 Å². The summed E-state index contributed by atoms with van der Waals surface area (Å²) >= 11 is 5.44. The average Bonchev–Trinajstić information content (AvgIpc) is 2.35. The van der Waals surface area contributed by atoms with Crippen LogP contribution in [0.25, 0.3) is 0 Å². The van der Waals surface area contributed by atoms with E-state index >= 15 is 0 Å². The highest BCUT2D eigenvalue weighted by molar-refractivity contribution is 9.10. The van der Waals surface area contributed by atoms with Crippen molar-refractivity contribution in [3.8, 4) is 0 Å². The number of hydrogen-bond acceptors (Lipinski definition) is 2. The first kappa shape index (κ1) is 18.8. The van der Waals surface area contributed by atoms with Crippen LogP contribution >= 0.6 is 31.9 Å². The van der Waals surface area contributed by atoms with Crippen molar-refractivity contribution in [1.82, 2.24) is 0 Å². The Bertz CT molecular complexity index is 630. The van der Waals surface area contributed by atoms with Gasteiger partial charge in [0, 0.05) is 11.0 Å². The molecule has 0 bridgehead atoms. The molecule has 1 unspecified atom stereocenters. The molecule has 0 aromatic heterocycles. The summed E-state index contributed by atoms with van der Waals surface area (Å²) in [6.07, 6.45) is 0.309. The van der Waals surface area contributed by atoms with Crippen LogP contribution in [-0.2, 0) is 9.84 Å². The largest absolute Gasteiger partial charge is 0.325 e. The molecule has 0 radical (unpaired) electrons. The Morgan fingerprint density at radius 3 is 2.10 bits per heavy atom. The lowest BCUT2D eigenvalue weighted by Gasteiger charge is -2.27.